The van der Waals surface area contributed by atoms with Crippen LogP contribution >= 0.6 is 0 Å². The summed E-state index contributed by atoms with van der Waals surface area (Å²) < 4.78 is 0. The summed E-state index contributed by atoms with van der Waals surface area (Å²) in [6.07, 6.45) is 1.72. The van der Waals surface area contributed by atoms with Crippen molar-refractivity contribution in [2.24, 2.45) is 0 Å². The van der Waals surface area contributed by atoms with Crippen LogP contribution in [-0.2, 0) is 6.42 Å². The fourth-order valence-electron chi connectivity index (χ4n) is 1.88. The molecule has 3 nitrogen and oxygen atoms in total. The molecule has 0 aliphatic rings. The van der Waals surface area contributed by atoms with Gasteiger partial charge in [0.1, 0.15) is 0 Å². The second-order valence-electron chi connectivity index (χ2n) is 4.17. The Morgan fingerprint density at radius 3 is 2.65 bits per heavy atom. The third-order valence-electron chi connectivity index (χ3n) is 2.75. The van der Waals surface area contributed by atoms with E-state index in [4.69, 9.17) is 0 Å². The highest BCUT2D eigenvalue weighted by Gasteiger charge is 2.12. The molecule has 0 saturated carbocycles. The number of hydrogen-bond donors (Lipinski definition) is 1. The Bertz CT molecular complexity index is 497. The van der Waals surface area contributed by atoms with Crippen molar-refractivity contribution in [1.82, 2.24) is 9.97 Å². The quantitative estimate of drug-likeness (QED) is 0.877. The van der Waals surface area contributed by atoms with Crippen molar-refractivity contribution >= 4 is 0 Å². The average molecular weight is 228 g/mol. The number of aromatic nitrogens is 2. The van der Waals surface area contributed by atoms with E-state index in [0.29, 0.717) is 6.42 Å². The van der Waals surface area contributed by atoms with Gasteiger partial charge in [-0.05, 0) is 32.0 Å². The van der Waals surface area contributed by atoms with Gasteiger partial charge in [0.15, 0.2) is 0 Å². The third-order valence-corrected chi connectivity index (χ3v) is 2.75. The molecular weight excluding hydrogens is 212 g/mol. The number of pyridine rings is 2. The van der Waals surface area contributed by atoms with Crippen LogP contribution in [-0.4, -0.2) is 15.1 Å². The SMILES string of the molecule is Cc1ccc(C(O)Cc2ccccn2)c(C)n1. The van der Waals surface area contributed by atoms with Crippen molar-refractivity contribution < 1.29 is 5.11 Å². The Morgan fingerprint density at radius 2 is 2.00 bits per heavy atom. The molecule has 2 aromatic heterocycles. The zero-order valence-electron chi connectivity index (χ0n) is 10.1. The van der Waals surface area contributed by atoms with Crippen LogP contribution in [0.15, 0.2) is 36.5 Å². The van der Waals surface area contributed by atoms with E-state index in [-0.39, 0.29) is 0 Å². The molecule has 17 heavy (non-hydrogen) atoms. The molecule has 1 N–H and O–H groups in total. The van der Waals surface area contributed by atoms with E-state index in [0.717, 1.165) is 22.6 Å². The molecule has 0 bridgehead atoms. The minimum atomic E-state index is -0.544. The second kappa shape index (κ2) is 5.06. The van der Waals surface area contributed by atoms with Crippen molar-refractivity contribution in [3.05, 3.63) is 59.2 Å². The van der Waals surface area contributed by atoms with Crippen LogP contribution in [0.2, 0.25) is 0 Å². The smallest absolute Gasteiger partial charge is 0.0862 e. The Balaban J connectivity index is 2.17. The molecule has 1 atom stereocenters. The van der Waals surface area contributed by atoms with Crippen molar-refractivity contribution in [3.63, 3.8) is 0 Å². The summed E-state index contributed by atoms with van der Waals surface area (Å²) in [6.45, 7) is 3.87. The van der Waals surface area contributed by atoms with Crippen LogP contribution in [0.25, 0.3) is 0 Å². The van der Waals surface area contributed by atoms with E-state index in [1.807, 2.05) is 44.2 Å². The lowest BCUT2D eigenvalue weighted by atomic mass is 10.0. The molecule has 0 radical (unpaired) electrons. The number of aliphatic hydroxyl groups excluding tert-OH is 1. The summed E-state index contributed by atoms with van der Waals surface area (Å²) in [6, 6.07) is 9.57. The highest BCUT2D eigenvalue weighted by Crippen LogP contribution is 2.19. The molecule has 0 aliphatic carbocycles. The van der Waals surface area contributed by atoms with E-state index in [1.165, 1.54) is 0 Å². The maximum atomic E-state index is 10.2. The van der Waals surface area contributed by atoms with Gasteiger partial charge in [0.25, 0.3) is 0 Å². The summed E-state index contributed by atoms with van der Waals surface area (Å²) in [5.74, 6) is 0. The van der Waals surface area contributed by atoms with E-state index in [9.17, 15) is 5.11 Å². The van der Waals surface area contributed by atoms with Crippen molar-refractivity contribution in [2.45, 2.75) is 26.4 Å². The lowest BCUT2D eigenvalue weighted by Crippen LogP contribution is -2.06. The minimum absolute atomic E-state index is 0.520. The van der Waals surface area contributed by atoms with Gasteiger partial charge >= 0.3 is 0 Å². The molecule has 0 fully saturated rings. The van der Waals surface area contributed by atoms with Crippen LogP contribution < -0.4 is 0 Å². The largest absolute Gasteiger partial charge is 0.388 e. The van der Waals surface area contributed by atoms with Gasteiger partial charge in [0, 0.05) is 35.3 Å². The maximum Gasteiger partial charge on any atom is 0.0862 e. The van der Waals surface area contributed by atoms with Gasteiger partial charge in [0.05, 0.1) is 6.10 Å². The molecule has 0 amide bonds. The zero-order valence-corrected chi connectivity index (χ0v) is 10.1. The Morgan fingerprint density at radius 1 is 1.18 bits per heavy atom. The van der Waals surface area contributed by atoms with Crippen molar-refractivity contribution in [1.29, 1.82) is 0 Å². The molecule has 88 valence electrons. The van der Waals surface area contributed by atoms with Crippen LogP contribution in [0.1, 0.15) is 28.7 Å². The fraction of sp³-hybridized carbons (Fsp3) is 0.286. The molecule has 2 aromatic rings. The molecule has 2 heterocycles. The van der Waals surface area contributed by atoms with Gasteiger partial charge in [-0.15, -0.1) is 0 Å². The standard InChI is InChI=1S/C14H16N2O/c1-10-6-7-13(11(2)16-10)14(17)9-12-5-3-4-8-15-12/h3-8,14,17H,9H2,1-2H3. The average Bonchev–Trinajstić information content (AvgIpc) is 2.30. The maximum absolute atomic E-state index is 10.2. The third kappa shape index (κ3) is 2.88. The van der Waals surface area contributed by atoms with Crippen molar-refractivity contribution in [2.75, 3.05) is 0 Å². The predicted octanol–water partition coefficient (Wildman–Crippen LogP) is 2.37. The van der Waals surface area contributed by atoms with E-state index in [2.05, 4.69) is 9.97 Å². The Hall–Kier alpha value is -1.74. The molecule has 3 heteroatoms. The number of aryl methyl sites for hydroxylation is 2. The molecule has 1 unspecified atom stereocenters. The molecule has 0 spiro atoms. The Kier molecular flexibility index (Phi) is 3.49. The molecule has 0 aliphatic heterocycles. The van der Waals surface area contributed by atoms with Gasteiger partial charge in [-0.2, -0.15) is 0 Å². The number of hydrogen-bond acceptors (Lipinski definition) is 3. The van der Waals surface area contributed by atoms with E-state index < -0.39 is 6.10 Å². The first-order chi connectivity index (χ1) is 8.16. The number of nitrogens with zero attached hydrogens (tertiary/aromatic N) is 2. The van der Waals surface area contributed by atoms with E-state index >= 15 is 0 Å². The minimum Gasteiger partial charge on any atom is -0.388 e. The predicted molar refractivity (Wildman–Crippen MR) is 66.6 cm³/mol. The van der Waals surface area contributed by atoms with Gasteiger partial charge in [-0.25, -0.2) is 0 Å². The lowest BCUT2D eigenvalue weighted by Gasteiger charge is -2.13. The highest BCUT2D eigenvalue weighted by molar-refractivity contribution is 5.25. The summed E-state index contributed by atoms with van der Waals surface area (Å²) in [5, 5.41) is 10.2. The molecule has 2 rings (SSSR count). The zero-order chi connectivity index (χ0) is 12.3. The fourth-order valence-corrected chi connectivity index (χ4v) is 1.88. The summed E-state index contributed by atoms with van der Waals surface area (Å²) in [5.41, 5.74) is 3.62. The molecular formula is C14H16N2O. The van der Waals surface area contributed by atoms with Crippen LogP contribution in [0.3, 0.4) is 0 Å². The van der Waals surface area contributed by atoms with Crippen molar-refractivity contribution in [3.8, 4) is 0 Å². The lowest BCUT2D eigenvalue weighted by molar-refractivity contribution is 0.176. The summed E-state index contributed by atoms with van der Waals surface area (Å²) in [7, 11) is 0. The topological polar surface area (TPSA) is 46.0 Å². The van der Waals surface area contributed by atoms with Crippen LogP contribution in [0, 0.1) is 13.8 Å². The first kappa shape index (κ1) is 11.7. The normalized spacial score (nSPS) is 12.4. The molecule has 0 saturated heterocycles. The van der Waals surface area contributed by atoms with Gasteiger partial charge in [0.2, 0.25) is 0 Å². The Labute approximate surface area is 101 Å². The number of rotatable bonds is 3. The second-order valence-corrected chi connectivity index (χ2v) is 4.17. The van der Waals surface area contributed by atoms with Crippen LogP contribution in [0.5, 0.6) is 0 Å². The van der Waals surface area contributed by atoms with E-state index in [1.54, 1.807) is 6.20 Å². The summed E-state index contributed by atoms with van der Waals surface area (Å²) in [4.78, 5) is 8.57. The number of aliphatic hydroxyl groups is 1. The van der Waals surface area contributed by atoms with Gasteiger partial charge < -0.3 is 5.11 Å². The first-order valence-corrected chi connectivity index (χ1v) is 5.69. The van der Waals surface area contributed by atoms with Crippen LogP contribution in [0.4, 0.5) is 0 Å². The summed E-state index contributed by atoms with van der Waals surface area (Å²) >= 11 is 0. The van der Waals surface area contributed by atoms with Gasteiger partial charge in [-0.3, -0.25) is 9.97 Å². The van der Waals surface area contributed by atoms with Gasteiger partial charge in [-0.1, -0.05) is 12.1 Å². The first-order valence-electron chi connectivity index (χ1n) is 5.69. The highest BCUT2D eigenvalue weighted by atomic mass is 16.3. The monoisotopic (exact) mass is 228 g/mol. The molecule has 0 aromatic carbocycles.